The largest absolute Gasteiger partial charge is 0.334 e. The van der Waals surface area contributed by atoms with Gasteiger partial charge in [0, 0.05) is 18.5 Å². The minimum absolute atomic E-state index is 0.142. The van der Waals surface area contributed by atoms with Crippen molar-refractivity contribution in [2.75, 3.05) is 25.0 Å². The van der Waals surface area contributed by atoms with E-state index in [9.17, 15) is 4.79 Å². The number of benzene rings is 1. The van der Waals surface area contributed by atoms with Crippen LogP contribution in [0.2, 0.25) is 0 Å². The molecule has 1 aromatic rings. The van der Waals surface area contributed by atoms with E-state index in [4.69, 9.17) is 0 Å². The number of anilines is 1. The van der Waals surface area contributed by atoms with E-state index in [-0.39, 0.29) is 5.91 Å². The lowest BCUT2D eigenvalue weighted by Crippen LogP contribution is -3.10. The van der Waals surface area contributed by atoms with Crippen LogP contribution in [0, 0.1) is 13.8 Å². The SMILES string of the molecule is Cc1ccc(C)c(NC(=O)CC[NH+]2CCCC2)c1. The molecule has 3 heteroatoms. The van der Waals surface area contributed by atoms with Gasteiger partial charge in [-0.1, -0.05) is 12.1 Å². The van der Waals surface area contributed by atoms with E-state index < -0.39 is 0 Å². The van der Waals surface area contributed by atoms with E-state index in [1.54, 1.807) is 4.90 Å². The number of likely N-dealkylation sites (tertiary alicyclic amines) is 1. The van der Waals surface area contributed by atoms with Gasteiger partial charge < -0.3 is 10.2 Å². The molecule has 0 aromatic heterocycles. The first-order chi connectivity index (χ1) is 8.65. The van der Waals surface area contributed by atoms with Crippen molar-refractivity contribution in [3.8, 4) is 0 Å². The molecule has 0 unspecified atom stereocenters. The van der Waals surface area contributed by atoms with Gasteiger partial charge in [0.25, 0.3) is 0 Å². The molecule has 98 valence electrons. The van der Waals surface area contributed by atoms with Crippen LogP contribution >= 0.6 is 0 Å². The highest BCUT2D eigenvalue weighted by Crippen LogP contribution is 2.16. The molecule has 18 heavy (non-hydrogen) atoms. The highest BCUT2D eigenvalue weighted by molar-refractivity contribution is 5.91. The number of hydrogen-bond donors (Lipinski definition) is 2. The van der Waals surface area contributed by atoms with Gasteiger partial charge in [-0.2, -0.15) is 0 Å². The zero-order valence-electron chi connectivity index (χ0n) is 11.4. The van der Waals surface area contributed by atoms with Crippen LogP contribution in [0.1, 0.15) is 30.4 Å². The number of quaternary nitrogens is 1. The maximum absolute atomic E-state index is 11.9. The fourth-order valence-electron chi connectivity index (χ4n) is 2.50. The third kappa shape index (κ3) is 3.57. The van der Waals surface area contributed by atoms with E-state index in [1.165, 1.54) is 31.5 Å². The molecule has 2 rings (SSSR count). The first-order valence-corrected chi connectivity index (χ1v) is 6.86. The van der Waals surface area contributed by atoms with E-state index in [2.05, 4.69) is 17.4 Å². The van der Waals surface area contributed by atoms with Crippen LogP contribution in [0.25, 0.3) is 0 Å². The van der Waals surface area contributed by atoms with Gasteiger partial charge in [-0.05, 0) is 31.0 Å². The first-order valence-electron chi connectivity index (χ1n) is 6.86. The molecule has 0 radical (unpaired) electrons. The van der Waals surface area contributed by atoms with Crippen LogP contribution in [0.3, 0.4) is 0 Å². The van der Waals surface area contributed by atoms with Gasteiger partial charge in [-0.15, -0.1) is 0 Å². The molecular formula is C15H23N2O+. The van der Waals surface area contributed by atoms with Gasteiger partial charge in [-0.25, -0.2) is 0 Å². The van der Waals surface area contributed by atoms with Crippen LogP contribution in [0.4, 0.5) is 5.69 Å². The molecule has 1 saturated heterocycles. The number of carbonyl (C=O) groups excluding carboxylic acids is 1. The molecule has 1 aliphatic heterocycles. The Morgan fingerprint density at radius 3 is 2.72 bits per heavy atom. The van der Waals surface area contributed by atoms with Crippen molar-refractivity contribution in [2.45, 2.75) is 33.1 Å². The predicted molar refractivity (Wildman–Crippen MR) is 74.0 cm³/mol. The molecule has 1 aromatic carbocycles. The number of aryl methyl sites for hydroxylation is 2. The Bertz CT molecular complexity index is 423. The summed E-state index contributed by atoms with van der Waals surface area (Å²) in [7, 11) is 0. The number of rotatable bonds is 4. The Balaban J connectivity index is 1.84. The Labute approximate surface area is 109 Å². The van der Waals surface area contributed by atoms with Crippen molar-refractivity contribution in [3.05, 3.63) is 29.3 Å². The summed E-state index contributed by atoms with van der Waals surface area (Å²) in [5.41, 5.74) is 3.26. The maximum atomic E-state index is 11.9. The van der Waals surface area contributed by atoms with Gasteiger partial charge in [0.05, 0.1) is 26.1 Å². The number of hydrogen-bond acceptors (Lipinski definition) is 1. The first kappa shape index (κ1) is 13.1. The van der Waals surface area contributed by atoms with Crippen LogP contribution in [-0.2, 0) is 4.79 Å². The zero-order valence-corrected chi connectivity index (χ0v) is 11.4. The Morgan fingerprint density at radius 1 is 1.28 bits per heavy atom. The van der Waals surface area contributed by atoms with Gasteiger partial charge in [0.1, 0.15) is 0 Å². The fraction of sp³-hybridized carbons (Fsp3) is 0.533. The summed E-state index contributed by atoms with van der Waals surface area (Å²) in [6.45, 7) is 7.51. The quantitative estimate of drug-likeness (QED) is 0.826. The van der Waals surface area contributed by atoms with E-state index in [1.807, 2.05) is 19.9 Å². The van der Waals surface area contributed by atoms with Gasteiger partial charge in [0.15, 0.2) is 0 Å². The minimum Gasteiger partial charge on any atom is -0.334 e. The Morgan fingerprint density at radius 2 is 2.00 bits per heavy atom. The van der Waals surface area contributed by atoms with Crippen LogP contribution < -0.4 is 10.2 Å². The average molecular weight is 247 g/mol. The standard InChI is InChI=1S/C15H22N2O/c1-12-5-6-13(2)14(11-12)16-15(18)7-10-17-8-3-4-9-17/h5-6,11H,3-4,7-10H2,1-2H3,(H,16,18)/p+1. The molecule has 0 aliphatic carbocycles. The lowest BCUT2D eigenvalue weighted by atomic mass is 10.1. The van der Waals surface area contributed by atoms with Crippen molar-refractivity contribution in [2.24, 2.45) is 0 Å². The molecule has 3 nitrogen and oxygen atoms in total. The minimum atomic E-state index is 0.142. The van der Waals surface area contributed by atoms with Gasteiger partial charge in [0.2, 0.25) is 5.91 Å². The third-order valence-corrected chi connectivity index (χ3v) is 3.68. The molecule has 0 saturated carbocycles. The van der Waals surface area contributed by atoms with Crippen molar-refractivity contribution >= 4 is 11.6 Å². The molecule has 0 spiro atoms. The fourth-order valence-corrected chi connectivity index (χ4v) is 2.50. The summed E-state index contributed by atoms with van der Waals surface area (Å²) >= 11 is 0. The Hall–Kier alpha value is -1.35. The molecule has 0 bridgehead atoms. The van der Waals surface area contributed by atoms with Crippen LogP contribution in [0.15, 0.2) is 18.2 Å². The molecule has 1 aliphatic rings. The summed E-state index contributed by atoms with van der Waals surface area (Å²) in [5.74, 6) is 0.142. The molecule has 1 heterocycles. The van der Waals surface area contributed by atoms with E-state index >= 15 is 0 Å². The summed E-state index contributed by atoms with van der Waals surface area (Å²) in [6.07, 6.45) is 3.25. The molecule has 2 N–H and O–H groups in total. The lowest BCUT2D eigenvalue weighted by Gasteiger charge is -2.13. The van der Waals surface area contributed by atoms with Crippen molar-refractivity contribution in [1.29, 1.82) is 0 Å². The van der Waals surface area contributed by atoms with Crippen LogP contribution in [-0.4, -0.2) is 25.5 Å². The second-order valence-corrected chi connectivity index (χ2v) is 5.32. The monoisotopic (exact) mass is 247 g/mol. The van der Waals surface area contributed by atoms with E-state index in [0.717, 1.165) is 17.8 Å². The summed E-state index contributed by atoms with van der Waals surface area (Å²) in [5, 5.41) is 3.02. The maximum Gasteiger partial charge on any atom is 0.230 e. The molecule has 1 fully saturated rings. The van der Waals surface area contributed by atoms with E-state index in [0.29, 0.717) is 6.42 Å². The van der Waals surface area contributed by atoms with Crippen molar-refractivity contribution in [1.82, 2.24) is 0 Å². The number of carbonyl (C=O) groups is 1. The molecule has 1 amide bonds. The second-order valence-electron chi connectivity index (χ2n) is 5.32. The van der Waals surface area contributed by atoms with Gasteiger partial charge in [-0.3, -0.25) is 4.79 Å². The zero-order chi connectivity index (χ0) is 13.0. The predicted octanol–water partition coefficient (Wildman–Crippen LogP) is 1.31. The normalized spacial score (nSPS) is 15.9. The second kappa shape index (κ2) is 6.01. The topological polar surface area (TPSA) is 33.5 Å². The van der Waals surface area contributed by atoms with Crippen molar-refractivity contribution in [3.63, 3.8) is 0 Å². The summed E-state index contributed by atoms with van der Waals surface area (Å²) in [4.78, 5) is 13.5. The highest BCUT2D eigenvalue weighted by atomic mass is 16.1. The summed E-state index contributed by atoms with van der Waals surface area (Å²) < 4.78 is 0. The number of nitrogens with one attached hydrogen (secondary N) is 2. The van der Waals surface area contributed by atoms with Crippen molar-refractivity contribution < 1.29 is 9.69 Å². The molecular weight excluding hydrogens is 224 g/mol. The highest BCUT2D eigenvalue weighted by Gasteiger charge is 2.16. The summed E-state index contributed by atoms with van der Waals surface area (Å²) in [6, 6.07) is 6.16. The number of amides is 1. The average Bonchev–Trinajstić information content (AvgIpc) is 2.84. The Kier molecular flexibility index (Phi) is 4.37. The third-order valence-electron chi connectivity index (χ3n) is 3.68. The smallest absolute Gasteiger partial charge is 0.230 e. The lowest BCUT2D eigenvalue weighted by molar-refractivity contribution is -0.886. The molecule has 0 atom stereocenters. The van der Waals surface area contributed by atoms with Crippen LogP contribution in [0.5, 0.6) is 0 Å². The van der Waals surface area contributed by atoms with Gasteiger partial charge >= 0.3 is 0 Å².